The lowest BCUT2D eigenvalue weighted by Gasteiger charge is -2.40. The number of likely N-dealkylation sites (tertiary alicyclic amines) is 1. The van der Waals surface area contributed by atoms with Crippen LogP contribution in [0.4, 0.5) is 0 Å². The van der Waals surface area contributed by atoms with Crippen LogP contribution >= 0.6 is 0 Å². The van der Waals surface area contributed by atoms with Gasteiger partial charge in [0, 0.05) is 24.2 Å². The second-order valence-electron chi connectivity index (χ2n) is 6.13. The van der Waals surface area contributed by atoms with Crippen molar-refractivity contribution in [1.82, 2.24) is 10.2 Å². The van der Waals surface area contributed by atoms with Crippen LogP contribution in [0, 0.1) is 5.92 Å². The summed E-state index contributed by atoms with van der Waals surface area (Å²) in [5.74, 6) is 1.66. The first kappa shape index (κ1) is 15.3. The number of methoxy groups -OCH3 is 1. The molecular weight excluding hydrogens is 248 g/mol. The van der Waals surface area contributed by atoms with Gasteiger partial charge in [0.1, 0.15) is 5.75 Å². The molecule has 3 nitrogen and oxygen atoms in total. The Balaban J connectivity index is 2.22. The Morgan fingerprint density at radius 1 is 1.35 bits per heavy atom. The van der Waals surface area contributed by atoms with Gasteiger partial charge in [0.15, 0.2) is 0 Å². The van der Waals surface area contributed by atoms with Gasteiger partial charge in [-0.15, -0.1) is 0 Å². The molecule has 1 N–H and O–H groups in total. The molecule has 0 aromatic heterocycles. The first-order valence-electron chi connectivity index (χ1n) is 7.70. The van der Waals surface area contributed by atoms with Gasteiger partial charge >= 0.3 is 0 Å². The van der Waals surface area contributed by atoms with E-state index in [9.17, 15) is 0 Å². The highest BCUT2D eigenvalue weighted by Crippen LogP contribution is 2.38. The second kappa shape index (κ2) is 7.09. The van der Waals surface area contributed by atoms with E-state index in [-0.39, 0.29) is 0 Å². The lowest BCUT2D eigenvalue weighted by atomic mass is 9.84. The van der Waals surface area contributed by atoms with Crippen LogP contribution in [0.1, 0.15) is 38.3 Å². The minimum atomic E-state index is 0.450. The highest BCUT2D eigenvalue weighted by molar-refractivity contribution is 5.36. The van der Waals surface area contributed by atoms with Gasteiger partial charge in [-0.05, 0) is 38.4 Å². The summed E-state index contributed by atoms with van der Waals surface area (Å²) >= 11 is 0. The van der Waals surface area contributed by atoms with Gasteiger partial charge < -0.3 is 10.1 Å². The fourth-order valence-electron chi connectivity index (χ4n) is 3.26. The quantitative estimate of drug-likeness (QED) is 0.894. The predicted octanol–water partition coefficient (Wildman–Crippen LogP) is 3.08. The fourth-order valence-corrected chi connectivity index (χ4v) is 3.26. The molecule has 0 bridgehead atoms. The highest BCUT2D eigenvalue weighted by atomic mass is 16.5. The molecule has 3 heteroatoms. The molecule has 1 aliphatic heterocycles. The minimum absolute atomic E-state index is 0.450. The normalized spacial score (nSPS) is 24.1. The molecule has 2 rings (SSSR count). The molecule has 0 radical (unpaired) electrons. The number of nitrogens with zero attached hydrogens (tertiary/aromatic N) is 1. The van der Waals surface area contributed by atoms with Crippen molar-refractivity contribution in [3.8, 4) is 5.75 Å². The van der Waals surface area contributed by atoms with E-state index in [1.807, 2.05) is 6.07 Å². The van der Waals surface area contributed by atoms with Crippen LogP contribution in [0.2, 0.25) is 0 Å². The van der Waals surface area contributed by atoms with E-state index in [0.29, 0.717) is 18.0 Å². The Hall–Kier alpha value is -1.06. The van der Waals surface area contributed by atoms with Crippen molar-refractivity contribution in [2.75, 3.05) is 27.2 Å². The van der Waals surface area contributed by atoms with Gasteiger partial charge in [0.2, 0.25) is 0 Å². The molecule has 1 fully saturated rings. The van der Waals surface area contributed by atoms with Crippen molar-refractivity contribution in [2.45, 2.75) is 38.8 Å². The Bertz CT molecular complexity index is 419. The third-order valence-electron chi connectivity index (χ3n) is 4.25. The van der Waals surface area contributed by atoms with Crippen LogP contribution < -0.4 is 10.1 Å². The van der Waals surface area contributed by atoms with Crippen LogP contribution in [-0.4, -0.2) is 38.2 Å². The molecule has 2 unspecified atom stereocenters. The number of hydrogen-bond donors (Lipinski definition) is 1. The number of ether oxygens (including phenoxy) is 1. The van der Waals surface area contributed by atoms with Crippen molar-refractivity contribution in [3.63, 3.8) is 0 Å². The average Bonchev–Trinajstić information content (AvgIpc) is 2.45. The zero-order valence-electron chi connectivity index (χ0n) is 13.2. The molecular formula is C17H28N2O. The summed E-state index contributed by atoms with van der Waals surface area (Å²) < 4.78 is 5.57. The maximum absolute atomic E-state index is 5.57. The molecule has 20 heavy (non-hydrogen) atoms. The summed E-state index contributed by atoms with van der Waals surface area (Å²) in [4.78, 5) is 2.48. The smallest absolute Gasteiger partial charge is 0.123 e. The monoisotopic (exact) mass is 276 g/mol. The molecule has 0 saturated carbocycles. The molecule has 1 saturated heterocycles. The van der Waals surface area contributed by atoms with E-state index >= 15 is 0 Å². The van der Waals surface area contributed by atoms with Gasteiger partial charge in [-0.25, -0.2) is 0 Å². The van der Waals surface area contributed by atoms with Crippen molar-refractivity contribution < 1.29 is 4.74 Å². The molecule has 1 heterocycles. The molecule has 112 valence electrons. The fraction of sp³-hybridized carbons (Fsp3) is 0.647. The number of nitrogens with one attached hydrogen (secondary N) is 1. The molecule has 2 atom stereocenters. The van der Waals surface area contributed by atoms with Crippen molar-refractivity contribution in [2.24, 2.45) is 5.92 Å². The maximum Gasteiger partial charge on any atom is 0.123 e. The summed E-state index contributed by atoms with van der Waals surface area (Å²) in [6.07, 6.45) is 2.57. The molecule has 1 aromatic rings. The zero-order valence-corrected chi connectivity index (χ0v) is 13.2. The van der Waals surface area contributed by atoms with Crippen molar-refractivity contribution >= 4 is 0 Å². The van der Waals surface area contributed by atoms with Crippen molar-refractivity contribution in [3.05, 3.63) is 29.8 Å². The third-order valence-corrected chi connectivity index (χ3v) is 4.25. The standard InChI is InChI=1S/C17H28N2O/c1-13(2)18-12-14-8-7-11-19(3)17(14)15-9-5-6-10-16(15)20-4/h5-6,9-10,13-14,17-18H,7-8,11-12H2,1-4H3. The predicted molar refractivity (Wildman–Crippen MR) is 84.2 cm³/mol. The molecule has 1 aromatic carbocycles. The van der Waals surface area contributed by atoms with E-state index in [1.54, 1.807) is 7.11 Å². The summed E-state index contributed by atoms with van der Waals surface area (Å²) in [7, 11) is 4.00. The van der Waals surface area contributed by atoms with E-state index in [0.717, 1.165) is 12.3 Å². The average molecular weight is 276 g/mol. The third kappa shape index (κ3) is 3.53. The number of piperidine rings is 1. The van der Waals surface area contributed by atoms with Crippen LogP contribution in [0.15, 0.2) is 24.3 Å². The van der Waals surface area contributed by atoms with Gasteiger partial charge in [-0.3, -0.25) is 4.90 Å². The van der Waals surface area contributed by atoms with E-state index in [1.165, 1.54) is 24.9 Å². The van der Waals surface area contributed by atoms with Gasteiger partial charge in [0.25, 0.3) is 0 Å². The molecule has 0 aliphatic carbocycles. The largest absolute Gasteiger partial charge is 0.496 e. The van der Waals surface area contributed by atoms with Gasteiger partial charge in [-0.2, -0.15) is 0 Å². The topological polar surface area (TPSA) is 24.5 Å². The summed E-state index contributed by atoms with van der Waals surface area (Å²) in [6.45, 7) is 6.67. The molecule has 1 aliphatic rings. The van der Waals surface area contributed by atoms with E-state index in [2.05, 4.69) is 49.3 Å². The van der Waals surface area contributed by atoms with E-state index < -0.39 is 0 Å². The molecule has 0 amide bonds. The van der Waals surface area contributed by atoms with Crippen molar-refractivity contribution in [1.29, 1.82) is 0 Å². The number of hydrogen-bond acceptors (Lipinski definition) is 3. The number of benzene rings is 1. The van der Waals surface area contributed by atoms with Gasteiger partial charge in [0.05, 0.1) is 7.11 Å². The number of para-hydroxylation sites is 1. The SMILES string of the molecule is COc1ccccc1C1C(CNC(C)C)CCCN1C. The minimum Gasteiger partial charge on any atom is -0.496 e. The van der Waals surface area contributed by atoms with E-state index in [4.69, 9.17) is 4.74 Å². The lowest BCUT2D eigenvalue weighted by Crippen LogP contribution is -2.41. The summed E-state index contributed by atoms with van der Waals surface area (Å²) in [5.41, 5.74) is 1.33. The first-order chi connectivity index (χ1) is 9.63. The number of rotatable bonds is 5. The Morgan fingerprint density at radius 2 is 2.10 bits per heavy atom. The highest BCUT2D eigenvalue weighted by Gasteiger charge is 2.32. The van der Waals surface area contributed by atoms with Crippen LogP contribution in [-0.2, 0) is 0 Å². The lowest BCUT2D eigenvalue weighted by molar-refractivity contribution is 0.116. The summed E-state index contributed by atoms with van der Waals surface area (Å²) in [6, 6.07) is 9.45. The Kier molecular flexibility index (Phi) is 5.44. The van der Waals surface area contributed by atoms with Crippen LogP contribution in [0.25, 0.3) is 0 Å². The first-order valence-corrected chi connectivity index (χ1v) is 7.70. The Labute approximate surface area is 123 Å². The second-order valence-corrected chi connectivity index (χ2v) is 6.13. The zero-order chi connectivity index (χ0) is 14.5. The van der Waals surface area contributed by atoms with Crippen LogP contribution in [0.5, 0.6) is 5.75 Å². The maximum atomic E-state index is 5.57. The Morgan fingerprint density at radius 3 is 2.80 bits per heavy atom. The van der Waals surface area contributed by atoms with Crippen LogP contribution in [0.3, 0.4) is 0 Å². The van der Waals surface area contributed by atoms with Gasteiger partial charge in [-0.1, -0.05) is 32.0 Å². The molecule has 0 spiro atoms. The summed E-state index contributed by atoms with van der Waals surface area (Å²) in [5, 5.41) is 3.61.